The van der Waals surface area contributed by atoms with E-state index in [-0.39, 0.29) is 24.6 Å². The van der Waals surface area contributed by atoms with Crippen molar-refractivity contribution in [3.05, 3.63) is 102 Å². The number of nitrogens with zero attached hydrogens (tertiary/aromatic N) is 1. The third-order valence-corrected chi connectivity index (χ3v) is 7.68. The van der Waals surface area contributed by atoms with Gasteiger partial charge < -0.3 is 25.4 Å². The molecular formula is C33H40N4O6S. The molecule has 3 aromatic carbocycles. The Kier molecular flexibility index (Phi) is 12.9. The van der Waals surface area contributed by atoms with E-state index in [9.17, 15) is 18.0 Å². The molecular weight excluding hydrogens is 580 g/mol. The van der Waals surface area contributed by atoms with Gasteiger partial charge in [-0.1, -0.05) is 98.1 Å². The summed E-state index contributed by atoms with van der Waals surface area (Å²) in [4.78, 5) is 26.3. The first kappa shape index (κ1) is 32.8. The quantitative estimate of drug-likeness (QED) is 0.283. The van der Waals surface area contributed by atoms with Gasteiger partial charge in [-0.15, -0.1) is 0 Å². The topological polar surface area (TPSA) is 135 Å². The Morgan fingerprint density at radius 1 is 0.955 bits per heavy atom. The predicted molar refractivity (Wildman–Crippen MR) is 169 cm³/mol. The normalized spacial score (nSPS) is 17.8. The van der Waals surface area contributed by atoms with Crippen LogP contribution in [0.5, 0.6) is 0 Å². The first-order valence-corrected chi connectivity index (χ1v) is 15.9. The number of rotatable bonds is 11. The summed E-state index contributed by atoms with van der Waals surface area (Å²) in [5.74, 6) is -0.845. The molecule has 1 heterocycles. The van der Waals surface area contributed by atoms with Crippen LogP contribution >= 0.6 is 0 Å². The van der Waals surface area contributed by atoms with Crippen LogP contribution in [0, 0.1) is 0 Å². The Hall–Kier alpha value is -4.06. The molecule has 5 rings (SSSR count). The molecule has 234 valence electrons. The van der Waals surface area contributed by atoms with Crippen molar-refractivity contribution < 1.29 is 27.5 Å². The van der Waals surface area contributed by atoms with Crippen LogP contribution in [-0.4, -0.2) is 65.4 Å². The standard InChI is InChI=1S/C30H34N4O6S.C3H6/c1-39-30(36)34-28(27(22-11-4-2-5-12-22)23-13-6-3-7-14-23)29(35)33-26-15-9-8-10-21(26)16-17-25-19-31-24(20-40-25)18-32-41(37)38;1-2-3-1/h2-15,24-25,27-28,31H,16-20H2,1H3,(H,33,35)(H,34,36);1-3H2/t24-,25-,28+;/m1./s1. The summed E-state index contributed by atoms with van der Waals surface area (Å²) < 4.78 is 35.6. The summed E-state index contributed by atoms with van der Waals surface area (Å²) in [5, 5.41) is 9.08. The molecule has 0 radical (unpaired) electrons. The van der Waals surface area contributed by atoms with Crippen LogP contribution in [-0.2, 0) is 31.2 Å². The van der Waals surface area contributed by atoms with Gasteiger partial charge in [0.15, 0.2) is 0 Å². The number of alkyl carbamates (subject to hydrolysis) is 1. The maximum Gasteiger partial charge on any atom is 0.407 e. The number of carbonyl (C=O) groups excluding carboxylic acids is 2. The number of anilines is 1. The number of aryl methyl sites for hydroxylation is 1. The van der Waals surface area contributed by atoms with Gasteiger partial charge >= 0.3 is 16.6 Å². The fourth-order valence-electron chi connectivity index (χ4n) is 4.89. The number of morpholine rings is 1. The molecule has 11 heteroatoms. The van der Waals surface area contributed by atoms with E-state index in [4.69, 9.17) is 9.47 Å². The van der Waals surface area contributed by atoms with Gasteiger partial charge in [0.05, 0.1) is 32.4 Å². The maximum atomic E-state index is 13.9. The molecule has 3 atom stereocenters. The first-order chi connectivity index (χ1) is 21.4. The maximum absolute atomic E-state index is 13.9. The van der Waals surface area contributed by atoms with Gasteiger partial charge in [0.25, 0.3) is 0 Å². The Morgan fingerprint density at radius 3 is 2.11 bits per heavy atom. The number of hydrogen-bond acceptors (Lipinski definition) is 8. The zero-order valence-electron chi connectivity index (χ0n) is 24.9. The molecule has 1 aliphatic carbocycles. The van der Waals surface area contributed by atoms with E-state index >= 15 is 0 Å². The fourth-order valence-corrected chi connectivity index (χ4v) is 5.19. The van der Waals surface area contributed by atoms with E-state index in [1.54, 1.807) is 0 Å². The van der Waals surface area contributed by atoms with Gasteiger partial charge in [-0.3, -0.25) is 4.79 Å². The molecule has 1 aliphatic heterocycles. The lowest BCUT2D eigenvalue weighted by Gasteiger charge is -2.30. The SMILES string of the molecule is C1CC1.COC(=O)N[C@H](C(=O)Nc1ccccc1CC[C@@H]1CN[C@H](CN=S(=O)=O)CO1)C(c1ccccc1)c1ccccc1. The van der Waals surface area contributed by atoms with Crippen LogP contribution in [0.25, 0.3) is 0 Å². The van der Waals surface area contributed by atoms with Crippen LogP contribution < -0.4 is 16.0 Å². The predicted octanol–water partition coefficient (Wildman–Crippen LogP) is 4.70. The number of amides is 2. The van der Waals surface area contributed by atoms with Crippen LogP contribution in [0.3, 0.4) is 0 Å². The summed E-state index contributed by atoms with van der Waals surface area (Å²) in [6.45, 7) is 1.08. The Bertz CT molecular complexity index is 1430. The van der Waals surface area contributed by atoms with E-state index in [1.165, 1.54) is 26.4 Å². The lowest BCUT2D eigenvalue weighted by Crippen LogP contribution is -2.48. The minimum atomic E-state index is -2.43. The molecule has 2 amide bonds. The van der Waals surface area contributed by atoms with Crippen molar-refractivity contribution in [2.45, 2.75) is 56.2 Å². The minimum absolute atomic E-state index is 0.0676. The highest BCUT2D eigenvalue weighted by Crippen LogP contribution is 2.30. The van der Waals surface area contributed by atoms with Gasteiger partial charge in [0.1, 0.15) is 6.04 Å². The lowest BCUT2D eigenvalue weighted by molar-refractivity contribution is -0.118. The lowest BCUT2D eigenvalue weighted by atomic mass is 9.84. The molecule has 1 saturated carbocycles. The molecule has 2 fully saturated rings. The summed E-state index contributed by atoms with van der Waals surface area (Å²) in [7, 11) is -1.16. The van der Waals surface area contributed by atoms with Crippen molar-refractivity contribution in [2.75, 3.05) is 32.1 Å². The van der Waals surface area contributed by atoms with E-state index in [0.29, 0.717) is 31.7 Å². The zero-order valence-corrected chi connectivity index (χ0v) is 25.7. The highest BCUT2D eigenvalue weighted by Gasteiger charge is 2.33. The number of carbonyl (C=O) groups is 2. The van der Waals surface area contributed by atoms with Gasteiger partial charge in [0, 0.05) is 18.2 Å². The summed E-state index contributed by atoms with van der Waals surface area (Å²) >= 11 is 0. The average Bonchev–Trinajstić information content (AvgIpc) is 3.95. The van der Waals surface area contributed by atoms with Crippen molar-refractivity contribution in [1.82, 2.24) is 10.6 Å². The van der Waals surface area contributed by atoms with Crippen molar-refractivity contribution in [3.63, 3.8) is 0 Å². The summed E-state index contributed by atoms with van der Waals surface area (Å²) in [6, 6.07) is 25.6. The van der Waals surface area contributed by atoms with E-state index < -0.39 is 28.6 Å². The Labute approximate surface area is 260 Å². The van der Waals surface area contributed by atoms with Crippen LogP contribution in [0.4, 0.5) is 10.5 Å². The molecule has 3 N–H and O–H groups in total. The second kappa shape index (κ2) is 17.3. The molecule has 44 heavy (non-hydrogen) atoms. The molecule has 3 aromatic rings. The number of hydrogen-bond donors (Lipinski definition) is 3. The average molecular weight is 621 g/mol. The number of benzene rings is 3. The molecule has 2 aliphatic rings. The van der Waals surface area contributed by atoms with E-state index in [1.807, 2.05) is 84.9 Å². The highest BCUT2D eigenvalue weighted by molar-refractivity contribution is 7.61. The van der Waals surface area contributed by atoms with Crippen molar-refractivity contribution in [3.8, 4) is 0 Å². The molecule has 1 saturated heterocycles. The smallest absolute Gasteiger partial charge is 0.407 e. The van der Waals surface area contributed by atoms with Crippen LogP contribution in [0.2, 0.25) is 0 Å². The van der Waals surface area contributed by atoms with E-state index in [0.717, 1.165) is 16.7 Å². The van der Waals surface area contributed by atoms with Crippen molar-refractivity contribution in [2.24, 2.45) is 4.36 Å². The molecule has 0 aromatic heterocycles. The monoisotopic (exact) mass is 620 g/mol. The molecule has 0 spiro atoms. The van der Waals surface area contributed by atoms with E-state index in [2.05, 4.69) is 20.3 Å². The number of methoxy groups -OCH3 is 1. The third kappa shape index (κ3) is 10.6. The third-order valence-electron chi connectivity index (χ3n) is 7.32. The van der Waals surface area contributed by atoms with Gasteiger partial charge in [-0.2, -0.15) is 12.8 Å². The Balaban J connectivity index is 0.00000139. The number of ether oxygens (including phenoxy) is 2. The van der Waals surface area contributed by atoms with Crippen LogP contribution in [0.1, 0.15) is 48.3 Å². The van der Waals surface area contributed by atoms with Gasteiger partial charge in [0.2, 0.25) is 5.91 Å². The summed E-state index contributed by atoms with van der Waals surface area (Å²) in [5.41, 5.74) is 3.32. The number of nitrogens with one attached hydrogen (secondary N) is 3. The van der Waals surface area contributed by atoms with Crippen molar-refractivity contribution in [1.29, 1.82) is 0 Å². The molecule has 0 bridgehead atoms. The second-order valence-electron chi connectivity index (χ2n) is 10.7. The zero-order chi connectivity index (χ0) is 31.1. The Morgan fingerprint density at radius 2 is 1.57 bits per heavy atom. The van der Waals surface area contributed by atoms with Gasteiger partial charge in [-0.05, 0) is 35.6 Å². The summed E-state index contributed by atoms with van der Waals surface area (Å²) in [6.07, 6.45) is 5.06. The fraction of sp³-hybridized carbons (Fsp3) is 0.394. The molecule has 0 unspecified atom stereocenters. The second-order valence-corrected chi connectivity index (χ2v) is 11.4. The van der Waals surface area contributed by atoms with Crippen LogP contribution in [0.15, 0.2) is 89.3 Å². The molecule has 10 nitrogen and oxygen atoms in total. The largest absolute Gasteiger partial charge is 0.453 e. The minimum Gasteiger partial charge on any atom is -0.453 e. The highest BCUT2D eigenvalue weighted by atomic mass is 32.2. The first-order valence-electron chi connectivity index (χ1n) is 14.9. The number of para-hydroxylation sites is 1. The van der Waals surface area contributed by atoms with Crippen molar-refractivity contribution >= 4 is 28.2 Å². The van der Waals surface area contributed by atoms with Gasteiger partial charge in [-0.25, -0.2) is 4.79 Å².